The van der Waals surface area contributed by atoms with Crippen LogP contribution in [0.25, 0.3) is 22.6 Å². The van der Waals surface area contributed by atoms with Crippen LogP contribution in [0.4, 0.5) is 5.82 Å². The summed E-state index contributed by atoms with van der Waals surface area (Å²) in [7, 11) is 1.79. The van der Waals surface area contributed by atoms with Crippen molar-refractivity contribution in [2.45, 2.75) is 39.3 Å². The van der Waals surface area contributed by atoms with E-state index in [0.29, 0.717) is 24.7 Å². The molecule has 0 spiro atoms. The number of ether oxygens (including phenoxy) is 2. The van der Waals surface area contributed by atoms with E-state index in [0.717, 1.165) is 52.6 Å². The van der Waals surface area contributed by atoms with Crippen molar-refractivity contribution in [3.63, 3.8) is 0 Å². The molecular weight excluding hydrogens is 432 g/mol. The number of rotatable bonds is 9. The molecule has 2 aromatic heterocycles. The molecule has 34 heavy (non-hydrogen) atoms. The van der Waals surface area contributed by atoms with Gasteiger partial charge in [-0.25, -0.2) is 19.9 Å². The second-order valence-corrected chi connectivity index (χ2v) is 8.54. The van der Waals surface area contributed by atoms with Crippen LogP contribution in [0.3, 0.4) is 0 Å². The molecule has 0 radical (unpaired) electrons. The smallest absolute Gasteiger partial charge is 0.162 e. The maximum Gasteiger partial charge on any atom is 0.162 e. The largest absolute Gasteiger partial charge is 0.491 e. The van der Waals surface area contributed by atoms with Gasteiger partial charge in [0.15, 0.2) is 5.82 Å². The predicted octanol–water partition coefficient (Wildman–Crippen LogP) is 2.69. The second kappa shape index (κ2) is 10.9. The van der Waals surface area contributed by atoms with Crippen LogP contribution in [0.5, 0.6) is 5.75 Å². The lowest BCUT2D eigenvalue weighted by atomic mass is 10.0. The van der Waals surface area contributed by atoms with Crippen molar-refractivity contribution in [3.05, 3.63) is 47.5 Å². The average molecular weight is 465 g/mol. The van der Waals surface area contributed by atoms with E-state index >= 15 is 0 Å². The van der Waals surface area contributed by atoms with Crippen LogP contribution in [-0.4, -0.2) is 70.6 Å². The van der Waals surface area contributed by atoms with Crippen molar-refractivity contribution in [3.8, 4) is 28.4 Å². The summed E-state index contributed by atoms with van der Waals surface area (Å²) in [4.78, 5) is 18.6. The topological polar surface area (TPSA) is 114 Å². The van der Waals surface area contributed by atoms with Gasteiger partial charge >= 0.3 is 0 Å². The molecule has 4 rings (SSSR count). The van der Waals surface area contributed by atoms with Crippen LogP contribution in [0, 0.1) is 20.8 Å². The molecular formula is C25H32N6O3. The fourth-order valence-corrected chi connectivity index (χ4v) is 4.02. The summed E-state index contributed by atoms with van der Waals surface area (Å²) in [5, 5.41) is 16.5. The minimum atomic E-state index is -0.593. The van der Waals surface area contributed by atoms with Gasteiger partial charge in [0.2, 0.25) is 0 Å². The Kier molecular flexibility index (Phi) is 7.66. The number of hydrogen-bond acceptors (Lipinski definition) is 9. The van der Waals surface area contributed by atoms with Gasteiger partial charge in [-0.2, -0.15) is 0 Å². The van der Waals surface area contributed by atoms with Crippen LogP contribution >= 0.6 is 0 Å². The number of benzene rings is 1. The Morgan fingerprint density at radius 3 is 2.68 bits per heavy atom. The van der Waals surface area contributed by atoms with Crippen molar-refractivity contribution in [1.82, 2.24) is 25.3 Å². The standard InChI is InChI=1S/C25H32N6O3/c1-15-23(22-16(2)27-14-28-17(22)3)30-25(31-24(15)29-19-8-9-33-12-19)18-6-5-7-21(10-18)34-13-20(32)11-26-4/h5-7,10,14,19-20,26,32H,8-9,11-13H2,1-4H3,(H,29,30,31)/t19-,20?/m1/s1. The van der Waals surface area contributed by atoms with Gasteiger partial charge in [0.1, 0.15) is 30.6 Å². The summed E-state index contributed by atoms with van der Waals surface area (Å²) in [6, 6.07) is 7.81. The Hall–Kier alpha value is -3.14. The number of aromatic nitrogens is 4. The molecule has 2 atom stereocenters. The summed E-state index contributed by atoms with van der Waals surface area (Å²) >= 11 is 0. The average Bonchev–Trinajstić information content (AvgIpc) is 3.33. The molecule has 0 bridgehead atoms. The highest BCUT2D eigenvalue weighted by Gasteiger charge is 2.22. The van der Waals surface area contributed by atoms with Crippen molar-refractivity contribution >= 4 is 5.82 Å². The molecule has 1 saturated heterocycles. The van der Waals surface area contributed by atoms with Crippen molar-refractivity contribution in [2.24, 2.45) is 0 Å². The van der Waals surface area contributed by atoms with Crippen LogP contribution in [0.15, 0.2) is 30.6 Å². The van der Waals surface area contributed by atoms with Gasteiger partial charge in [-0.05, 0) is 46.4 Å². The minimum absolute atomic E-state index is 0.193. The maximum atomic E-state index is 9.97. The quantitative estimate of drug-likeness (QED) is 0.440. The zero-order valence-electron chi connectivity index (χ0n) is 20.1. The molecule has 9 nitrogen and oxygen atoms in total. The second-order valence-electron chi connectivity index (χ2n) is 8.54. The van der Waals surface area contributed by atoms with E-state index in [1.807, 2.05) is 45.0 Å². The lowest BCUT2D eigenvalue weighted by Crippen LogP contribution is -2.29. The van der Waals surface area contributed by atoms with Crippen LogP contribution in [0.1, 0.15) is 23.4 Å². The van der Waals surface area contributed by atoms with Crippen LogP contribution in [0.2, 0.25) is 0 Å². The van der Waals surface area contributed by atoms with E-state index in [-0.39, 0.29) is 12.6 Å². The first-order valence-electron chi connectivity index (χ1n) is 11.5. The number of aliphatic hydroxyl groups is 1. The molecule has 9 heteroatoms. The van der Waals surface area contributed by atoms with E-state index in [1.165, 1.54) is 0 Å². The SMILES string of the molecule is CNCC(O)COc1cccc(-c2nc(N[C@@H]3CCOC3)c(C)c(-c3c(C)ncnc3C)n2)c1. The molecule has 1 aliphatic heterocycles. The third-order valence-corrected chi connectivity index (χ3v) is 5.85. The Morgan fingerprint density at radius 1 is 1.18 bits per heavy atom. The van der Waals surface area contributed by atoms with E-state index in [9.17, 15) is 5.11 Å². The highest BCUT2D eigenvalue weighted by molar-refractivity contribution is 5.74. The molecule has 0 saturated carbocycles. The molecule has 3 heterocycles. The minimum Gasteiger partial charge on any atom is -0.491 e. The third kappa shape index (κ3) is 5.49. The lowest BCUT2D eigenvalue weighted by Gasteiger charge is -2.19. The van der Waals surface area contributed by atoms with Crippen LogP contribution < -0.4 is 15.4 Å². The van der Waals surface area contributed by atoms with E-state index < -0.39 is 6.10 Å². The van der Waals surface area contributed by atoms with Gasteiger partial charge in [-0.1, -0.05) is 12.1 Å². The molecule has 180 valence electrons. The zero-order chi connectivity index (χ0) is 24.1. The number of aliphatic hydroxyl groups excluding tert-OH is 1. The first-order chi connectivity index (χ1) is 16.5. The molecule has 1 aliphatic rings. The predicted molar refractivity (Wildman–Crippen MR) is 131 cm³/mol. The summed E-state index contributed by atoms with van der Waals surface area (Å²) in [6.45, 7) is 8.00. The van der Waals surface area contributed by atoms with E-state index in [4.69, 9.17) is 19.4 Å². The van der Waals surface area contributed by atoms with Gasteiger partial charge in [-0.15, -0.1) is 0 Å². The molecule has 1 fully saturated rings. The van der Waals surface area contributed by atoms with Gasteiger partial charge in [-0.3, -0.25) is 0 Å². The highest BCUT2D eigenvalue weighted by Crippen LogP contribution is 2.33. The van der Waals surface area contributed by atoms with Gasteiger partial charge in [0.05, 0.1) is 29.7 Å². The van der Waals surface area contributed by atoms with Crippen molar-refractivity contribution in [1.29, 1.82) is 0 Å². The Bertz CT molecular complexity index is 1110. The number of nitrogens with zero attached hydrogens (tertiary/aromatic N) is 4. The normalized spacial score (nSPS) is 16.4. The maximum absolute atomic E-state index is 9.97. The summed E-state index contributed by atoms with van der Waals surface area (Å²) < 4.78 is 11.3. The Balaban J connectivity index is 1.74. The van der Waals surface area contributed by atoms with E-state index in [1.54, 1.807) is 13.4 Å². The van der Waals surface area contributed by atoms with Crippen molar-refractivity contribution < 1.29 is 14.6 Å². The fourth-order valence-electron chi connectivity index (χ4n) is 4.02. The number of likely N-dealkylation sites (N-methyl/N-ethyl adjacent to an activating group) is 1. The molecule has 3 aromatic rings. The first-order valence-corrected chi connectivity index (χ1v) is 11.5. The monoisotopic (exact) mass is 464 g/mol. The fraction of sp³-hybridized carbons (Fsp3) is 0.440. The molecule has 0 aliphatic carbocycles. The zero-order valence-corrected chi connectivity index (χ0v) is 20.1. The molecule has 1 aromatic carbocycles. The third-order valence-electron chi connectivity index (χ3n) is 5.85. The lowest BCUT2D eigenvalue weighted by molar-refractivity contribution is 0.108. The highest BCUT2D eigenvalue weighted by atomic mass is 16.5. The van der Waals surface area contributed by atoms with Gasteiger partial charge < -0.3 is 25.2 Å². The number of nitrogens with one attached hydrogen (secondary N) is 2. The summed E-state index contributed by atoms with van der Waals surface area (Å²) in [5.41, 5.74) is 5.21. The summed E-state index contributed by atoms with van der Waals surface area (Å²) in [6.07, 6.45) is 1.91. The molecule has 0 amide bonds. The summed E-state index contributed by atoms with van der Waals surface area (Å²) in [5.74, 6) is 1.99. The Morgan fingerprint density at radius 2 is 1.97 bits per heavy atom. The van der Waals surface area contributed by atoms with E-state index in [2.05, 4.69) is 20.6 Å². The molecule has 3 N–H and O–H groups in total. The Labute approximate surface area is 200 Å². The van der Waals surface area contributed by atoms with Gasteiger partial charge in [0, 0.05) is 29.8 Å². The van der Waals surface area contributed by atoms with Gasteiger partial charge in [0.25, 0.3) is 0 Å². The van der Waals surface area contributed by atoms with Crippen LogP contribution in [-0.2, 0) is 4.74 Å². The number of hydrogen-bond donors (Lipinski definition) is 3. The molecule has 1 unspecified atom stereocenters. The number of anilines is 1. The number of aryl methyl sites for hydroxylation is 2. The van der Waals surface area contributed by atoms with Crippen molar-refractivity contribution in [2.75, 3.05) is 38.7 Å². The first kappa shape index (κ1) is 24.0.